The van der Waals surface area contributed by atoms with Gasteiger partial charge in [0.15, 0.2) is 0 Å². The van der Waals surface area contributed by atoms with Gasteiger partial charge in [0, 0.05) is 6.42 Å². The monoisotopic (exact) mass is 272 g/mol. The van der Waals surface area contributed by atoms with E-state index in [2.05, 4.69) is 4.74 Å². The van der Waals surface area contributed by atoms with E-state index in [1.807, 2.05) is 6.92 Å². The van der Waals surface area contributed by atoms with Gasteiger partial charge in [-0.25, -0.2) is 9.18 Å². The predicted molar refractivity (Wildman–Crippen MR) is 59.9 cm³/mol. The Kier molecular flexibility index (Phi) is 7.25. The minimum atomic E-state index is -5.22. The fraction of sp³-hybridized carbons (Fsp3) is 0.917. The largest absolute Gasteiger partial charge is 0.463 e. The van der Waals surface area contributed by atoms with E-state index in [0.29, 0.717) is 12.8 Å². The number of alkyl halides is 4. The number of hydrogen-bond acceptors (Lipinski definition) is 2. The van der Waals surface area contributed by atoms with Crippen LogP contribution in [0.1, 0.15) is 52.4 Å². The highest BCUT2D eigenvalue weighted by Crippen LogP contribution is 2.39. The van der Waals surface area contributed by atoms with Gasteiger partial charge in [-0.15, -0.1) is 0 Å². The van der Waals surface area contributed by atoms with Crippen LogP contribution in [0.2, 0.25) is 0 Å². The molecule has 0 fully saturated rings. The van der Waals surface area contributed by atoms with E-state index in [0.717, 1.165) is 12.8 Å². The van der Waals surface area contributed by atoms with Crippen molar-refractivity contribution in [3.63, 3.8) is 0 Å². The molecule has 2 nitrogen and oxygen atoms in total. The number of unbranched alkanes of at least 4 members (excludes halogenated alkanes) is 3. The first-order valence-corrected chi connectivity index (χ1v) is 6.22. The van der Waals surface area contributed by atoms with Crippen LogP contribution in [0.15, 0.2) is 0 Å². The van der Waals surface area contributed by atoms with Crippen molar-refractivity contribution >= 4 is 5.97 Å². The molecule has 0 aliphatic carbocycles. The van der Waals surface area contributed by atoms with Gasteiger partial charge in [0.1, 0.15) is 0 Å². The molecule has 0 N–H and O–H groups in total. The lowest BCUT2D eigenvalue weighted by Gasteiger charge is -2.25. The maximum absolute atomic E-state index is 13.8. The standard InChI is InChI=1S/C12H20F4O2/c1-3-5-7-9-18-10(17)11(13,8-6-4-2)12(14,15)16/h3-9H2,1-2H3. The molecule has 0 radical (unpaired) electrons. The average Bonchev–Trinajstić information content (AvgIpc) is 2.29. The average molecular weight is 272 g/mol. The van der Waals surface area contributed by atoms with Crippen LogP contribution in [-0.2, 0) is 9.53 Å². The number of carbonyl (C=O) groups is 1. The lowest BCUT2D eigenvalue weighted by molar-refractivity contribution is -0.241. The van der Waals surface area contributed by atoms with Crippen molar-refractivity contribution in [3.05, 3.63) is 0 Å². The summed E-state index contributed by atoms with van der Waals surface area (Å²) in [7, 11) is 0. The third-order valence-corrected chi connectivity index (χ3v) is 2.63. The molecular formula is C12H20F4O2. The molecule has 0 heterocycles. The summed E-state index contributed by atoms with van der Waals surface area (Å²) in [5.74, 6) is -1.81. The summed E-state index contributed by atoms with van der Waals surface area (Å²) >= 11 is 0. The van der Waals surface area contributed by atoms with Gasteiger partial charge in [0.05, 0.1) is 6.61 Å². The zero-order chi connectivity index (χ0) is 14.2. The summed E-state index contributed by atoms with van der Waals surface area (Å²) in [6, 6.07) is 0. The quantitative estimate of drug-likeness (QED) is 0.376. The molecule has 0 amide bonds. The van der Waals surface area contributed by atoms with E-state index in [1.54, 1.807) is 6.92 Å². The summed E-state index contributed by atoms with van der Waals surface area (Å²) in [6.45, 7) is 3.36. The minimum absolute atomic E-state index is 0.0138. The fourth-order valence-electron chi connectivity index (χ4n) is 1.41. The molecule has 0 aromatic carbocycles. The number of halogens is 4. The Balaban J connectivity index is 4.51. The molecule has 0 bridgehead atoms. The third-order valence-electron chi connectivity index (χ3n) is 2.63. The molecule has 0 saturated carbocycles. The Labute approximate surface area is 105 Å². The fourth-order valence-corrected chi connectivity index (χ4v) is 1.41. The van der Waals surface area contributed by atoms with Gasteiger partial charge >= 0.3 is 17.8 Å². The summed E-state index contributed by atoms with van der Waals surface area (Å²) in [4.78, 5) is 11.3. The first kappa shape index (κ1) is 17.2. The molecule has 6 heteroatoms. The Morgan fingerprint density at radius 3 is 2.00 bits per heavy atom. The van der Waals surface area contributed by atoms with Crippen LogP contribution < -0.4 is 0 Å². The third kappa shape index (κ3) is 4.82. The molecule has 0 spiro atoms. The number of carbonyl (C=O) groups excluding carboxylic acids is 1. The second kappa shape index (κ2) is 7.59. The molecule has 0 saturated heterocycles. The van der Waals surface area contributed by atoms with Crippen LogP contribution >= 0.6 is 0 Å². The number of hydrogen-bond donors (Lipinski definition) is 0. The van der Waals surface area contributed by atoms with Crippen LogP contribution in [-0.4, -0.2) is 24.4 Å². The number of esters is 1. The number of rotatable bonds is 8. The van der Waals surface area contributed by atoms with Gasteiger partial charge in [-0.2, -0.15) is 13.2 Å². The normalized spacial score (nSPS) is 15.2. The summed E-state index contributed by atoms with van der Waals surface area (Å²) < 4.78 is 55.9. The van der Waals surface area contributed by atoms with E-state index < -0.39 is 24.2 Å². The Hall–Kier alpha value is -0.810. The second-order valence-electron chi connectivity index (χ2n) is 4.25. The Morgan fingerprint density at radius 1 is 1.00 bits per heavy atom. The zero-order valence-corrected chi connectivity index (χ0v) is 10.8. The molecule has 0 aliphatic heterocycles. The SMILES string of the molecule is CCCCCOC(=O)C(F)(CCCC)C(F)(F)F. The van der Waals surface area contributed by atoms with Gasteiger partial charge in [0.2, 0.25) is 0 Å². The lowest BCUT2D eigenvalue weighted by Crippen LogP contribution is -2.49. The van der Waals surface area contributed by atoms with E-state index >= 15 is 0 Å². The Bertz CT molecular complexity index is 253. The van der Waals surface area contributed by atoms with E-state index in [1.165, 1.54) is 0 Å². The molecule has 108 valence electrons. The molecular weight excluding hydrogens is 252 g/mol. The highest BCUT2D eigenvalue weighted by molar-refractivity contribution is 5.80. The lowest BCUT2D eigenvalue weighted by atomic mass is 9.98. The number of ether oxygens (including phenoxy) is 1. The summed E-state index contributed by atoms with van der Waals surface area (Å²) in [6.07, 6.45) is -3.71. The van der Waals surface area contributed by atoms with Crippen molar-refractivity contribution in [2.75, 3.05) is 6.61 Å². The van der Waals surface area contributed by atoms with Gasteiger partial charge in [-0.1, -0.05) is 33.1 Å². The molecule has 0 aliphatic rings. The van der Waals surface area contributed by atoms with Gasteiger partial charge in [-0.05, 0) is 12.8 Å². The van der Waals surface area contributed by atoms with Gasteiger partial charge < -0.3 is 4.74 Å². The molecule has 18 heavy (non-hydrogen) atoms. The molecule has 0 aromatic rings. The highest BCUT2D eigenvalue weighted by atomic mass is 19.4. The van der Waals surface area contributed by atoms with Gasteiger partial charge in [0.25, 0.3) is 0 Å². The maximum atomic E-state index is 13.8. The van der Waals surface area contributed by atoms with E-state index in [-0.39, 0.29) is 13.0 Å². The smallest absolute Gasteiger partial charge is 0.433 e. The van der Waals surface area contributed by atoms with Crippen LogP contribution in [0.25, 0.3) is 0 Å². The van der Waals surface area contributed by atoms with Crippen molar-refractivity contribution in [1.82, 2.24) is 0 Å². The van der Waals surface area contributed by atoms with Crippen LogP contribution in [0.3, 0.4) is 0 Å². The van der Waals surface area contributed by atoms with E-state index in [9.17, 15) is 22.4 Å². The summed E-state index contributed by atoms with van der Waals surface area (Å²) in [5.41, 5.74) is -3.87. The van der Waals surface area contributed by atoms with Crippen molar-refractivity contribution in [2.45, 2.75) is 64.2 Å². The first-order valence-electron chi connectivity index (χ1n) is 6.22. The van der Waals surface area contributed by atoms with Gasteiger partial charge in [-0.3, -0.25) is 0 Å². The Morgan fingerprint density at radius 2 is 1.56 bits per heavy atom. The topological polar surface area (TPSA) is 26.3 Å². The van der Waals surface area contributed by atoms with Crippen molar-refractivity contribution in [1.29, 1.82) is 0 Å². The second-order valence-corrected chi connectivity index (χ2v) is 4.25. The molecule has 0 rings (SSSR count). The van der Waals surface area contributed by atoms with Crippen molar-refractivity contribution in [3.8, 4) is 0 Å². The van der Waals surface area contributed by atoms with E-state index in [4.69, 9.17) is 0 Å². The zero-order valence-electron chi connectivity index (χ0n) is 10.8. The first-order chi connectivity index (χ1) is 8.29. The van der Waals surface area contributed by atoms with Crippen molar-refractivity contribution < 1.29 is 27.1 Å². The predicted octanol–water partition coefficient (Wildman–Crippen LogP) is 4.18. The van der Waals surface area contributed by atoms with Crippen molar-refractivity contribution in [2.24, 2.45) is 0 Å². The summed E-state index contributed by atoms with van der Waals surface area (Å²) in [5, 5.41) is 0. The van der Waals surface area contributed by atoms with Crippen LogP contribution in [0, 0.1) is 0 Å². The highest BCUT2D eigenvalue weighted by Gasteiger charge is 2.62. The van der Waals surface area contributed by atoms with Crippen LogP contribution in [0.5, 0.6) is 0 Å². The molecule has 1 unspecified atom stereocenters. The minimum Gasteiger partial charge on any atom is -0.463 e. The van der Waals surface area contributed by atoms with Crippen LogP contribution in [0.4, 0.5) is 17.6 Å². The maximum Gasteiger partial charge on any atom is 0.433 e. The molecule has 1 atom stereocenters. The molecule has 0 aromatic heterocycles.